The fourth-order valence-corrected chi connectivity index (χ4v) is 2.70. The fourth-order valence-electron chi connectivity index (χ4n) is 0.890. The van der Waals surface area contributed by atoms with Crippen molar-refractivity contribution < 1.29 is 12.8 Å². The van der Waals surface area contributed by atoms with E-state index in [4.69, 9.17) is 22.3 Å². The van der Waals surface area contributed by atoms with Crippen LogP contribution < -0.4 is 0 Å². The van der Waals surface area contributed by atoms with E-state index in [1.165, 1.54) is 12.1 Å². The van der Waals surface area contributed by atoms with Crippen molar-refractivity contribution in [3.8, 4) is 0 Å². The van der Waals surface area contributed by atoms with Gasteiger partial charge in [-0.2, -0.15) is 0 Å². The average molecular weight is 322 g/mol. The van der Waals surface area contributed by atoms with E-state index in [1.807, 2.05) is 0 Å². The summed E-state index contributed by atoms with van der Waals surface area (Å²) in [5.41, 5.74) is 0.332. The highest BCUT2D eigenvalue weighted by atomic mass is 79.9. The molecular weight excluding hydrogens is 318 g/mol. The molecule has 2 nitrogen and oxygen atoms in total. The summed E-state index contributed by atoms with van der Waals surface area (Å²) in [5, 5.41) is -0.144. The van der Waals surface area contributed by atoms with Crippen molar-refractivity contribution in [2.75, 3.05) is 0 Å². The summed E-state index contributed by atoms with van der Waals surface area (Å²) >= 11 is 8.41. The van der Waals surface area contributed by atoms with Crippen molar-refractivity contribution in [1.82, 2.24) is 0 Å². The Kier molecular flexibility index (Phi) is 3.80. The molecule has 0 N–H and O–H groups in total. The zero-order valence-corrected chi connectivity index (χ0v) is 10.5. The Hall–Kier alpha value is 0.160. The van der Waals surface area contributed by atoms with Crippen LogP contribution in [0.25, 0.3) is 0 Å². The number of hydrogen-bond donors (Lipinski definition) is 0. The van der Waals surface area contributed by atoms with Crippen LogP contribution in [0.3, 0.4) is 0 Å². The monoisotopic (exact) mass is 320 g/mol. The smallest absolute Gasteiger partial charge is 0.212 e. The molecule has 0 aliphatic rings. The van der Waals surface area contributed by atoms with E-state index in [1.54, 1.807) is 0 Å². The molecule has 0 spiro atoms. The van der Waals surface area contributed by atoms with Crippen LogP contribution in [0.2, 0.25) is 5.02 Å². The molecular formula is C7H4BrCl2FO2S. The van der Waals surface area contributed by atoms with Gasteiger partial charge in [-0.1, -0.05) is 11.6 Å². The van der Waals surface area contributed by atoms with E-state index in [0.717, 1.165) is 0 Å². The van der Waals surface area contributed by atoms with Gasteiger partial charge in [0.1, 0.15) is 0 Å². The molecule has 14 heavy (non-hydrogen) atoms. The van der Waals surface area contributed by atoms with Crippen molar-refractivity contribution in [3.63, 3.8) is 0 Å². The lowest BCUT2D eigenvalue weighted by Gasteiger charge is -2.02. The van der Waals surface area contributed by atoms with Gasteiger partial charge in [0.2, 0.25) is 9.05 Å². The Balaban J connectivity index is 3.14. The quantitative estimate of drug-likeness (QED) is 0.618. The van der Waals surface area contributed by atoms with Crippen LogP contribution in [0.5, 0.6) is 0 Å². The number of halogens is 4. The van der Waals surface area contributed by atoms with Gasteiger partial charge < -0.3 is 0 Å². The van der Waals surface area contributed by atoms with Gasteiger partial charge in [-0.15, -0.1) is 0 Å². The molecule has 1 aromatic carbocycles. The number of hydrogen-bond acceptors (Lipinski definition) is 2. The third kappa shape index (κ3) is 3.38. The molecule has 0 bridgehead atoms. The molecule has 0 aliphatic heterocycles. The Morgan fingerprint density at radius 1 is 1.43 bits per heavy atom. The van der Waals surface area contributed by atoms with Crippen LogP contribution in [0.15, 0.2) is 16.6 Å². The van der Waals surface area contributed by atoms with Crippen molar-refractivity contribution in [1.29, 1.82) is 0 Å². The Labute approximate surface area is 98.6 Å². The van der Waals surface area contributed by atoms with Gasteiger partial charge in [0.15, 0.2) is 5.82 Å². The van der Waals surface area contributed by atoms with E-state index in [0.29, 0.717) is 5.56 Å². The molecule has 0 atom stereocenters. The van der Waals surface area contributed by atoms with Gasteiger partial charge >= 0.3 is 0 Å². The van der Waals surface area contributed by atoms with E-state index >= 15 is 0 Å². The Morgan fingerprint density at radius 2 is 2.00 bits per heavy atom. The molecule has 0 heterocycles. The molecule has 0 saturated heterocycles. The second-order valence-electron chi connectivity index (χ2n) is 2.56. The van der Waals surface area contributed by atoms with Gasteiger partial charge in [0.25, 0.3) is 0 Å². The standard InChI is InChI=1S/C7H4BrCl2FO2S/c8-5-1-4(3-14(10,12)13)2-6(9)7(5)11/h1-2H,3H2. The summed E-state index contributed by atoms with van der Waals surface area (Å²) < 4.78 is 34.5. The molecule has 0 amide bonds. The van der Waals surface area contributed by atoms with Gasteiger partial charge in [-0.3, -0.25) is 0 Å². The predicted molar refractivity (Wildman–Crippen MR) is 57.6 cm³/mol. The van der Waals surface area contributed by atoms with Crippen molar-refractivity contribution in [2.24, 2.45) is 0 Å². The summed E-state index contributed by atoms with van der Waals surface area (Å²) in [5.74, 6) is -1.00. The highest BCUT2D eigenvalue weighted by Crippen LogP contribution is 2.26. The maximum Gasteiger partial charge on any atom is 0.236 e. The van der Waals surface area contributed by atoms with Crippen LogP contribution in [0.1, 0.15) is 5.56 Å². The zero-order valence-electron chi connectivity index (χ0n) is 6.60. The van der Waals surface area contributed by atoms with Crippen LogP contribution >= 0.6 is 38.2 Å². The normalized spacial score (nSPS) is 11.7. The summed E-state index contributed by atoms with van der Waals surface area (Å²) in [6.45, 7) is 0. The molecule has 78 valence electrons. The van der Waals surface area contributed by atoms with Crippen molar-refractivity contribution >= 4 is 47.3 Å². The molecule has 1 aromatic rings. The van der Waals surface area contributed by atoms with E-state index < -0.39 is 14.9 Å². The van der Waals surface area contributed by atoms with Crippen LogP contribution in [-0.4, -0.2) is 8.42 Å². The topological polar surface area (TPSA) is 34.1 Å². The first-order valence-electron chi connectivity index (χ1n) is 3.35. The predicted octanol–water partition coefficient (Wildman–Crippen LogP) is 3.31. The fraction of sp³-hybridized carbons (Fsp3) is 0.143. The lowest BCUT2D eigenvalue weighted by atomic mass is 10.2. The first-order chi connectivity index (χ1) is 6.29. The highest BCUT2D eigenvalue weighted by molar-refractivity contribution is 9.10. The minimum absolute atomic E-state index is 0.111. The van der Waals surface area contributed by atoms with E-state index in [9.17, 15) is 12.8 Å². The van der Waals surface area contributed by atoms with Crippen molar-refractivity contribution in [3.05, 3.63) is 33.0 Å². The van der Waals surface area contributed by atoms with E-state index in [2.05, 4.69) is 15.9 Å². The molecule has 7 heteroatoms. The number of rotatable bonds is 2. The third-order valence-corrected chi connectivity index (χ3v) is 3.24. The van der Waals surface area contributed by atoms with Gasteiger partial charge in [0.05, 0.1) is 15.2 Å². The molecule has 0 unspecified atom stereocenters. The minimum atomic E-state index is -3.65. The molecule has 0 fully saturated rings. The first-order valence-corrected chi connectivity index (χ1v) is 7.00. The van der Waals surface area contributed by atoms with Gasteiger partial charge in [-0.05, 0) is 33.6 Å². The second-order valence-corrected chi connectivity index (χ2v) is 6.60. The molecule has 1 rings (SSSR count). The lowest BCUT2D eigenvalue weighted by Crippen LogP contribution is -1.96. The number of benzene rings is 1. The molecule has 0 saturated carbocycles. The summed E-state index contributed by atoms with van der Waals surface area (Å²) in [4.78, 5) is 0. The zero-order chi connectivity index (χ0) is 10.9. The Bertz CT molecular complexity index is 438. The summed E-state index contributed by atoms with van der Waals surface area (Å²) in [6.07, 6.45) is 0. The first kappa shape index (κ1) is 12.2. The lowest BCUT2D eigenvalue weighted by molar-refractivity contribution is 0.607. The van der Waals surface area contributed by atoms with Gasteiger partial charge in [-0.25, -0.2) is 12.8 Å². The average Bonchev–Trinajstić information content (AvgIpc) is 1.96. The van der Waals surface area contributed by atoms with Crippen LogP contribution in [0, 0.1) is 5.82 Å². The maximum atomic E-state index is 13.0. The van der Waals surface area contributed by atoms with Gasteiger partial charge in [0, 0.05) is 10.7 Å². The molecule has 0 aliphatic carbocycles. The molecule has 0 radical (unpaired) electrons. The summed E-state index contributed by atoms with van der Waals surface area (Å²) in [7, 11) is 1.38. The maximum absolute atomic E-state index is 13.0. The van der Waals surface area contributed by atoms with Crippen LogP contribution in [-0.2, 0) is 14.8 Å². The van der Waals surface area contributed by atoms with Crippen molar-refractivity contribution in [2.45, 2.75) is 5.75 Å². The van der Waals surface area contributed by atoms with Crippen LogP contribution in [0.4, 0.5) is 4.39 Å². The minimum Gasteiger partial charge on any atom is -0.212 e. The summed E-state index contributed by atoms with van der Waals surface area (Å²) in [6, 6.07) is 2.54. The Morgan fingerprint density at radius 3 is 2.43 bits per heavy atom. The largest absolute Gasteiger partial charge is 0.236 e. The second kappa shape index (κ2) is 4.35. The third-order valence-electron chi connectivity index (χ3n) is 1.38. The SMILES string of the molecule is O=S(=O)(Cl)Cc1cc(Cl)c(F)c(Br)c1. The molecule has 0 aromatic heterocycles. The highest BCUT2D eigenvalue weighted by Gasteiger charge is 2.12. The van der Waals surface area contributed by atoms with E-state index in [-0.39, 0.29) is 15.2 Å².